The molecule has 58 heavy (non-hydrogen) atoms. The molecule has 2 rings (SSSR count). The maximum absolute atomic E-state index is 13.4. The average Bonchev–Trinajstić information content (AvgIpc) is 3.59. The molecule has 0 saturated carbocycles. The third kappa shape index (κ3) is 23.8. The number of hydrogen-bond donors (Lipinski definition) is 0. The SMILES string of the molecule is CCCCC/C=C\C/C=C\CCCCCCCC(=O)O[C@@H]1[C@@H](OC(=O)CCCCCCC/C=C\C/C=C\CCCCC)CO[C@@H]1COC(=O)C1(CC)CCN(C)CC1. The Balaban J connectivity index is 1.74. The first kappa shape index (κ1) is 51.4. The van der Waals surface area contributed by atoms with E-state index < -0.39 is 23.7 Å². The van der Waals surface area contributed by atoms with Crippen LogP contribution >= 0.6 is 0 Å². The molecule has 3 atom stereocenters. The number of carbonyl (C=O) groups excluding carboxylic acids is 3. The highest BCUT2D eigenvalue weighted by Crippen LogP contribution is 2.36. The normalized spacial score (nSPS) is 19.9. The van der Waals surface area contributed by atoms with Crippen LogP contribution < -0.4 is 0 Å². The lowest BCUT2D eigenvalue weighted by Gasteiger charge is -2.38. The van der Waals surface area contributed by atoms with E-state index in [2.05, 4.69) is 74.4 Å². The second kappa shape index (κ2) is 34.0. The summed E-state index contributed by atoms with van der Waals surface area (Å²) in [5.74, 6) is -0.848. The number of unbranched alkanes of at least 4 members (excludes halogenated alkanes) is 16. The topological polar surface area (TPSA) is 91.4 Å². The molecule has 0 aromatic rings. The molecule has 0 unspecified atom stereocenters. The zero-order valence-corrected chi connectivity index (χ0v) is 37.6. The summed E-state index contributed by atoms with van der Waals surface area (Å²) in [4.78, 5) is 41.7. The number of likely N-dealkylation sites (tertiary alicyclic amines) is 1. The first-order valence-corrected chi connectivity index (χ1v) is 23.8. The van der Waals surface area contributed by atoms with Crippen LogP contribution in [0.1, 0.15) is 194 Å². The summed E-state index contributed by atoms with van der Waals surface area (Å²) in [6.07, 6.45) is 43.3. The summed E-state index contributed by atoms with van der Waals surface area (Å²) in [5.41, 5.74) is -0.508. The molecule has 2 aliphatic rings. The van der Waals surface area contributed by atoms with E-state index in [1.807, 2.05) is 6.92 Å². The monoisotopic (exact) mass is 812 g/mol. The Hall–Kier alpha value is -2.71. The van der Waals surface area contributed by atoms with E-state index >= 15 is 0 Å². The zero-order chi connectivity index (χ0) is 41.9. The van der Waals surface area contributed by atoms with Gasteiger partial charge in [0.05, 0.1) is 12.0 Å². The van der Waals surface area contributed by atoms with E-state index in [1.165, 1.54) is 51.4 Å². The van der Waals surface area contributed by atoms with Crippen LogP contribution in [0.3, 0.4) is 0 Å². The van der Waals surface area contributed by atoms with Crippen molar-refractivity contribution in [1.29, 1.82) is 0 Å². The first-order chi connectivity index (χ1) is 28.3. The molecule has 2 aliphatic heterocycles. The summed E-state index contributed by atoms with van der Waals surface area (Å²) < 4.78 is 23.7. The number of nitrogens with zero attached hydrogens (tertiary/aromatic N) is 1. The summed E-state index contributed by atoms with van der Waals surface area (Å²) >= 11 is 0. The Morgan fingerprint density at radius 2 is 1.05 bits per heavy atom. The molecule has 0 aromatic heterocycles. The third-order valence-electron chi connectivity index (χ3n) is 11.9. The van der Waals surface area contributed by atoms with E-state index in [1.54, 1.807) is 0 Å². The van der Waals surface area contributed by atoms with Gasteiger partial charge in [-0.1, -0.05) is 134 Å². The highest BCUT2D eigenvalue weighted by Gasteiger charge is 2.45. The first-order valence-electron chi connectivity index (χ1n) is 23.8. The maximum Gasteiger partial charge on any atom is 0.312 e. The van der Waals surface area contributed by atoms with Crippen LogP contribution in [0.2, 0.25) is 0 Å². The lowest BCUT2D eigenvalue weighted by Crippen LogP contribution is -2.45. The molecule has 2 fully saturated rings. The van der Waals surface area contributed by atoms with Gasteiger partial charge in [-0.05, 0) is 116 Å². The van der Waals surface area contributed by atoms with Crippen LogP contribution in [0.4, 0.5) is 0 Å². The summed E-state index contributed by atoms with van der Waals surface area (Å²) in [6.45, 7) is 8.30. The molecule has 8 nitrogen and oxygen atoms in total. The standard InChI is InChI=1S/C50H85NO7/c1-5-8-10-12-14-16-18-20-22-24-26-28-30-32-34-36-46(52)57-45-43-55-44(42-56-49(54)50(7-3)38-40-51(4)41-39-50)48(45)58-47(53)37-35-33-31-29-27-25-23-21-19-17-15-13-11-9-6-2/h14-17,20-23,44-45,48H,5-13,18-19,24-43H2,1-4H3/b16-14-,17-15-,22-20-,23-21-/t44-,45+,48+/m1/s1. The molecular formula is C50H85NO7. The Morgan fingerprint density at radius 3 is 1.53 bits per heavy atom. The van der Waals surface area contributed by atoms with Crippen molar-refractivity contribution in [3.05, 3.63) is 48.6 Å². The van der Waals surface area contributed by atoms with Gasteiger partial charge in [-0.25, -0.2) is 0 Å². The van der Waals surface area contributed by atoms with Gasteiger partial charge >= 0.3 is 17.9 Å². The van der Waals surface area contributed by atoms with Crippen LogP contribution in [-0.2, 0) is 33.3 Å². The van der Waals surface area contributed by atoms with Gasteiger partial charge in [0.25, 0.3) is 0 Å². The highest BCUT2D eigenvalue weighted by molar-refractivity contribution is 5.77. The number of allylic oxidation sites excluding steroid dienone is 8. The van der Waals surface area contributed by atoms with E-state index in [9.17, 15) is 14.4 Å². The van der Waals surface area contributed by atoms with Crippen molar-refractivity contribution >= 4 is 17.9 Å². The van der Waals surface area contributed by atoms with Gasteiger partial charge in [-0.15, -0.1) is 0 Å². The molecular weight excluding hydrogens is 727 g/mol. The van der Waals surface area contributed by atoms with E-state index in [-0.39, 0.29) is 31.1 Å². The quantitative estimate of drug-likeness (QED) is 0.0275. The number of hydrogen-bond acceptors (Lipinski definition) is 8. The van der Waals surface area contributed by atoms with Gasteiger partial charge < -0.3 is 23.8 Å². The molecule has 0 bridgehead atoms. The van der Waals surface area contributed by atoms with E-state index in [4.69, 9.17) is 18.9 Å². The predicted molar refractivity (Wildman–Crippen MR) is 239 cm³/mol. The van der Waals surface area contributed by atoms with Crippen LogP contribution in [-0.4, -0.2) is 74.5 Å². The highest BCUT2D eigenvalue weighted by atomic mass is 16.6. The average molecular weight is 812 g/mol. The number of carbonyl (C=O) groups is 3. The van der Waals surface area contributed by atoms with Crippen molar-refractivity contribution in [3.63, 3.8) is 0 Å². The van der Waals surface area contributed by atoms with E-state index in [0.717, 1.165) is 116 Å². The summed E-state index contributed by atoms with van der Waals surface area (Å²) in [5, 5.41) is 0. The van der Waals surface area contributed by atoms with Crippen molar-refractivity contribution in [1.82, 2.24) is 4.90 Å². The fourth-order valence-electron chi connectivity index (χ4n) is 7.70. The van der Waals surface area contributed by atoms with Gasteiger partial charge in [-0.3, -0.25) is 14.4 Å². The van der Waals surface area contributed by atoms with Crippen molar-refractivity contribution in [3.8, 4) is 0 Å². The predicted octanol–water partition coefficient (Wildman–Crippen LogP) is 12.5. The van der Waals surface area contributed by atoms with Crippen molar-refractivity contribution < 1.29 is 33.3 Å². The fourth-order valence-corrected chi connectivity index (χ4v) is 7.70. The lowest BCUT2D eigenvalue weighted by atomic mass is 9.76. The van der Waals surface area contributed by atoms with Crippen LogP contribution in [0.5, 0.6) is 0 Å². The van der Waals surface area contributed by atoms with Crippen molar-refractivity contribution in [2.24, 2.45) is 5.41 Å². The zero-order valence-electron chi connectivity index (χ0n) is 37.6. The smallest absolute Gasteiger partial charge is 0.312 e. The molecule has 0 N–H and O–H groups in total. The molecule has 0 aliphatic carbocycles. The molecule has 0 spiro atoms. The Bertz CT molecular complexity index is 1180. The molecule has 8 heteroatoms. The number of ether oxygens (including phenoxy) is 4. The second-order valence-electron chi connectivity index (χ2n) is 16.9. The Kier molecular flexibility index (Phi) is 30.2. The summed E-state index contributed by atoms with van der Waals surface area (Å²) in [6, 6.07) is 0. The molecule has 2 saturated heterocycles. The van der Waals surface area contributed by atoms with Crippen molar-refractivity contribution in [2.45, 2.75) is 212 Å². The number of piperidine rings is 1. The van der Waals surface area contributed by atoms with Gasteiger partial charge in [0.1, 0.15) is 12.7 Å². The molecule has 0 amide bonds. The largest absolute Gasteiger partial charge is 0.462 e. The molecule has 0 radical (unpaired) electrons. The fraction of sp³-hybridized carbons (Fsp3) is 0.780. The maximum atomic E-state index is 13.4. The van der Waals surface area contributed by atoms with Gasteiger partial charge in [0, 0.05) is 12.8 Å². The van der Waals surface area contributed by atoms with Crippen LogP contribution in [0.25, 0.3) is 0 Å². The number of esters is 3. The van der Waals surface area contributed by atoms with Crippen molar-refractivity contribution in [2.75, 3.05) is 33.4 Å². The Morgan fingerprint density at radius 1 is 0.603 bits per heavy atom. The van der Waals surface area contributed by atoms with Gasteiger partial charge in [-0.2, -0.15) is 0 Å². The second-order valence-corrected chi connectivity index (χ2v) is 16.9. The Labute approximate surface area is 355 Å². The third-order valence-corrected chi connectivity index (χ3v) is 11.9. The molecule has 0 aromatic carbocycles. The minimum atomic E-state index is -0.804. The van der Waals surface area contributed by atoms with Gasteiger partial charge in [0.15, 0.2) is 12.2 Å². The lowest BCUT2D eigenvalue weighted by molar-refractivity contribution is -0.171. The summed E-state index contributed by atoms with van der Waals surface area (Å²) in [7, 11) is 2.07. The molecule has 2 heterocycles. The van der Waals surface area contributed by atoms with E-state index in [0.29, 0.717) is 19.3 Å². The minimum absolute atomic E-state index is 0.0307. The van der Waals surface area contributed by atoms with Gasteiger partial charge in [0.2, 0.25) is 0 Å². The minimum Gasteiger partial charge on any atom is -0.462 e. The van der Waals surface area contributed by atoms with Crippen LogP contribution in [0, 0.1) is 5.41 Å². The van der Waals surface area contributed by atoms with Crippen LogP contribution in [0.15, 0.2) is 48.6 Å². The number of rotatable bonds is 34. The molecule has 332 valence electrons.